The Labute approximate surface area is 82.0 Å². The van der Waals surface area contributed by atoms with Gasteiger partial charge in [0.15, 0.2) is 0 Å². The van der Waals surface area contributed by atoms with E-state index in [1.807, 2.05) is 0 Å². The maximum Gasteiger partial charge on any atom is 0.232 e. The van der Waals surface area contributed by atoms with Crippen LogP contribution in [0.3, 0.4) is 0 Å². The van der Waals surface area contributed by atoms with Crippen molar-refractivity contribution in [2.24, 2.45) is 0 Å². The minimum Gasteiger partial charge on any atom is -0.283 e. The third-order valence-corrected chi connectivity index (χ3v) is 2.89. The standard InChI is InChI=1S/C7H9ClN2O2S/c1-2-13(11,12)10-6-3-4-9-7(8)5-6/h3-5H,2H2,1H3,(H,9,10). The third kappa shape index (κ3) is 3.20. The minimum atomic E-state index is -3.23. The van der Waals surface area contributed by atoms with Crippen molar-refractivity contribution < 1.29 is 8.42 Å². The van der Waals surface area contributed by atoms with Gasteiger partial charge < -0.3 is 0 Å². The average Bonchev–Trinajstić information content (AvgIpc) is 2.03. The lowest BCUT2D eigenvalue weighted by atomic mass is 10.4. The van der Waals surface area contributed by atoms with Gasteiger partial charge in [-0.15, -0.1) is 0 Å². The summed E-state index contributed by atoms with van der Waals surface area (Å²) in [6.07, 6.45) is 1.44. The Bertz CT molecular complexity index is 391. The molecule has 1 heterocycles. The fourth-order valence-electron chi connectivity index (χ4n) is 0.718. The molecule has 0 saturated carbocycles. The monoisotopic (exact) mass is 220 g/mol. The highest BCUT2D eigenvalue weighted by atomic mass is 35.5. The summed E-state index contributed by atoms with van der Waals surface area (Å²) in [6.45, 7) is 1.56. The highest BCUT2D eigenvalue weighted by molar-refractivity contribution is 7.92. The van der Waals surface area contributed by atoms with E-state index in [-0.39, 0.29) is 10.9 Å². The molecule has 0 saturated heterocycles. The first-order valence-electron chi connectivity index (χ1n) is 3.65. The summed E-state index contributed by atoms with van der Waals surface area (Å²) >= 11 is 5.57. The lowest BCUT2D eigenvalue weighted by Gasteiger charge is -2.04. The highest BCUT2D eigenvalue weighted by Gasteiger charge is 2.06. The molecule has 0 aromatic carbocycles. The molecule has 0 unspecified atom stereocenters. The van der Waals surface area contributed by atoms with Crippen molar-refractivity contribution in [2.75, 3.05) is 10.5 Å². The van der Waals surface area contributed by atoms with E-state index in [0.717, 1.165) is 0 Å². The van der Waals surface area contributed by atoms with E-state index < -0.39 is 10.0 Å². The van der Waals surface area contributed by atoms with Gasteiger partial charge in [-0.2, -0.15) is 0 Å². The van der Waals surface area contributed by atoms with Gasteiger partial charge in [-0.25, -0.2) is 13.4 Å². The number of hydrogen-bond donors (Lipinski definition) is 1. The maximum absolute atomic E-state index is 11.1. The molecule has 6 heteroatoms. The Kier molecular flexibility index (Phi) is 3.11. The van der Waals surface area contributed by atoms with Gasteiger partial charge in [-0.1, -0.05) is 11.6 Å². The number of hydrogen-bond acceptors (Lipinski definition) is 3. The molecule has 0 fully saturated rings. The number of aromatic nitrogens is 1. The third-order valence-electron chi connectivity index (χ3n) is 1.38. The van der Waals surface area contributed by atoms with Crippen molar-refractivity contribution in [3.63, 3.8) is 0 Å². The molecule has 1 N–H and O–H groups in total. The van der Waals surface area contributed by atoms with Crippen molar-refractivity contribution in [1.82, 2.24) is 4.98 Å². The molecule has 72 valence electrons. The fourth-order valence-corrected chi connectivity index (χ4v) is 1.52. The molecular weight excluding hydrogens is 212 g/mol. The van der Waals surface area contributed by atoms with Crippen LogP contribution in [0.4, 0.5) is 5.69 Å². The molecule has 0 aliphatic heterocycles. The van der Waals surface area contributed by atoms with Gasteiger partial charge >= 0.3 is 0 Å². The first-order chi connectivity index (χ1) is 6.03. The van der Waals surface area contributed by atoms with Crippen LogP contribution in [0.15, 0.2) is 18.3 Å². The Morgan fingerprint density at radius 1 is 1.62 bits per heavy atom. The van der Waals surface area contributed by atoms with Crippen LogP contribution in [0.1, 0.15) is 6.92 Å². The topological polar surface area (TPSA) is 59.1 Å². The van der Waals surface area contributed by atoms with Gasteiger partial charge in [0.05, 0.1) is 11.4 Å². The van der Waals surface area contributed by atoms with Gasteiger partial charge in [0.2, 0.25) is 10.0 Å². The largest absolute Gasteiger partial charge is 0.283 e. The van der Waals surface area contributed by atoms with Crippen LogP contribution in [0.2, 0.25) is 5.15 Å². The fraction of sp³-hybridized carbons (Fsp3) is 0.286. The van der Waals surface area contributed by atoms with E-state index in [2.05, 4.69) is 9.71 Å². The molecule has 13 heavy (non-hydrogen) atoms. The molecule has 0 amide bonds. The van der Waals surface area contributed by atoms with Crippen molar-refractivity contribution in [1.29, 1.82) is 0 Å². The van der Waals surface area contributed by atoms with Gasteiger partial charge in [0.1, 0.15) is 5.15 Å². The van der Waals surface area contributed by atoms with Crippen LogP contribution >= 0.6 is 11.6 Å². The van der Waals surface area contributed by atoms with Crippen LogP contribution in [-0.4, -0.2) is 19.2 Å². The van der Waals surface area contributed by atoms with Crippen molar-refractivity contribution in [3.8, 4) is 0 Å². The zero-order valence-electron chi connectivity index (χ0n) is 6.99. The Hall–Kier alpha value is -0.810. The second-order valence-electron chi connectivity index (χ2n) is 2.37. The number of rotatable bonds is 3. The van der Waals surface area contributed by atoms with E-state index in [1.165, 1.54) is 12.3 Å². The van der Waals surface area contributed by atoms with Crippen LogP contribution in [0.5, 0.6) is 0 Å². The number of nitrogens with one attached hydrogen (secondary N) is 1. The summed E-state index contributed by atoms with van der Waals surface area (Å²) in [7, 11) is -3.23. The highest BCUT2D eigenvalue weighted by Crippen LogP contribution is 2.13. The zero-order valence-corrected chi connectivity index (χ0v) is 8.56. The molecule has 1 rings (SSSR count). The summed E-state index contributed by atoms with van der Waals surface area (Å²) in [6, 6.07) is 2.99. The van der Waals surface area contributed by atoms with Crippen LogP contribution in [0.25, 0.3) is 0 Å². The van der Waals surface area contributed by atoms with E-state index in [1.54, 1.807) is 13.0 Å². The number of nitrogens with zero attached hydrogens (tertiary/aromatic N) is 1. The number of sulfonamides is 1. The Morgan fingerprint density at radius 2 is 2.31 bits per heavy atom. The van der Waals surface area contributed by atoms with E-state index >= 15 is 0 Å². The molecule has 1 aromatic rings. The predicted molar refractivity (Wildman–Crippen MR) is 52.3 cm³/mol. The quantitative estimate of drug-likeness (QED) is 0.786. The van der Waals surface area contributed by atoms with Crippen LogP contribution in [-0.2, 0) is 10.0 Å². The number of pyridine rings is 1. The first-order valence-corrected chi connectivity index (χ1v) is 5.68. The summed E-state index contributed by atoms with van der Waals surface area (Å²) < 4.78 is 24.6. The number of anilines is 1. The molecule has 0 aliphatic rings. The van der Waals surface area contributed by atoms with Gasteiger partial charge in [0.25, 0.3) is 0 Å². The van der Waals surface area contributed by atoms with Crippen molar-refractivity contribution >= 4 is 27.3 Å². The summed E-state index contributed by atoms with van der Waals surface area (Å²) in [5, 5.41) is 0.260. The second-order valence-corrected chi connectivity index (χ2v) is 4.77. The normalized spacial score (nSPS) is 11.2. The minimum absolute atomic E-state index is 0.0347. The average molecular weight is 221 g/mol. The molecule has 1 aromatic heterocycles. The van der Waals surface area contributed by atoms with Gasteiger partial charge in [0, 0.05) is 6.20 Å². The molecule has 0 aliphatic carbocycles. The Morgan fingerprint density at radius 3 is 2.85 bits per heavy atom. The molecule has 4 nitrogen and oxygen atoms in total. The van der Waals surface area contributed by atoms with E-state index in [4.69, 9.17) is 11.6 Å². The van der Waals surface area contributed by atoms with Crippen molar-refractivity contribution in [2.45, 2.75) is 6.92 Å². The first kappa shape index (κ1) is 10.3. The molecule has 0 spiro atoms. The van der Waals surface area contributed by atoms with E-state index in [0.29, 0.717) is 5.69 Å². The maximum atomic E-state index is 11.1. The number of halogens is 1. The molecule has 0 bridgehead atoms. The van der Waals surface area contributed by atoms with Gasteiger partial charge in [-0.3, -0.25) is 4.72 Å². The van der Waals surface area contributed by atoms with Crippen molar-refractivity contribution in [3.05, 3.63) is 23.5 Å². The zero-order chi connectivity index (χ0) is 9.90. The summed E-state index contributed by atoms with van der Waals surface area (Å²) in [5.41, 5.74) is 0.432. The van der Waals surface area contributed by atoms with Crippen LogP contribution < -0.4 is 4.72 Å². The SMILES string of the molecule is CCS(=O)(=O)Nc1ccnc(Cl)c1. The lowest BCUT2D eigenvalue weighted by molar-refractivity contribution is 0.602. The summed E-state index contributed by atoms with van der Waals surface area (Å²) in [4.78, 5) is 3.73. The smallest absolute Gasteiger partial charge is 0.232 e. The second kappa shape index (κ2) is 3.93. The molecule has 0 radical (unpaired) electrons. The molecular formula is C7H9ClN2O2S. The Balaban J connectivity index is 2.87. The lowest BCUT2D eigenvalue weighted by Crippen LogP contribution is -2.14. The van der Waals surface area contributed by atoms with Gasteiger partial charge in [-0.05, 0) is 19.1 Å². The molecule has 0 atom stereocenters. The van der Waals surface area contributed by atoms with Crippen LogP contribution in [0, 0.1) is 0 Å². The van der Waals surface area contributed by atoms with E-state index in [9.17, 15) is 8.42 Å². The summed E-state index contributed by atoms with van der Waals surface area (Å²) in [5.74, 6) is 0.0347. The predicted octanol–water partition coefficient (Wildman–Crippen LogP) is 1.50.